The van der Waals surface area contributed by atoms with Crippen molar-refractivity contribution in [2.75, 3.05) is 33.8 Å². The summed E-state index contributed by atoms with van der Waals surface area (Å²) in [6.07, 6.45) is -5.97. The second kappa shape index (κ2) is 8.79. The summed E-state index contributed by atoms with van der Waals surface area (Å²) in [6.45, 7) is 4.16. The third-order valence-corrected chi connectivity index (χ3v) is 6.78. The van der Waals surface area contributed by atoms with Gasteiger partial charge in [-0.05, 0) is 57.6 Å². The quantitative estimate of drug-likeness (QED) is 0.608. The van der Waals surface area contributed by atoms with E-state index in [1.807, 2.05) is 13.8 Å². The lowest BCUT2D eigenvalue weighted by molar-refractivity contribution is -0.145. The van der Waals surface area contributed by atoms with Gasteiger partial charge in [0.25, 0.3) is 5.91 Å². The molecule has 0 N–H and O–H groups in total. The predicted molar refractivity (Wildman–Crippen MR) is 118 cm³/mol. The van der Waals surface area contributed by atoms with Crippen LogP contribution in [-0.4, -0.2) is 66.3 Å². The summed E-state index contributed by atoms with van der Waals surface area (Å²) in [5, 5.41) is 0. The molecule has 1 saturated heterocycles. The molecule has 1 spiro atoms. The average Bonchev–Trinajstić information content (AvgIpc) is 3.22. The van der Waals surface area contributed by atoms with Gasteiger partial charge in [0.15, 0.2) is 11.5 Å². The maximum atomic E-state index is 15.9. The fourth-order valence-corrected chi connectivity index (χ4v) is 5.11. The smallest absolute Gasteiger partial charge is 0.431 e. The van der Waals surface area contributed by atoms with Crippen molar-refractivity contribution in [3.63, 3.8) is 0 Å². The molecule has 186 valence electrons. The van der Waals surface area contributed by atoms with Gasteiger partial charge in [0.1, 0.15) is 11.9 Å². The van der Waals surface area contributed by atoms with Gasteiger partial charge < -0.3 is 18.9 Å². The molecule has 1 aromatic carbocycles. The van der Waals surface area contributed by atoms with Crippen molar-refractivity contribution in [3.05, 3.63) is 47.3 Å². The Labute approximate surface area is 196 Å². The van der Waals surface area contributed by atoms with E-state index in [4.69, 9.17) is 9.47 Å². The third-order valence-electron chi connectivity index (χ3n) is 6.78. The van der Waals surface area contributed by atoms with Gasteiger partial charge in [-0.2, -0.15) is 13.2 Å². The molecule has 2 aliphatic heterocycles. The molecule has 0 radical (unpaired) electrons. The largest absolute Gasteiger partial charge is 0.493 e. The zero-order valence-electron chi connectivity index (χ0n) is 19.7. The van der Waals surface area contributed by atoms with E-state index in [0.717, 1.165) is 6.07 Å². The number of carbonyl (C=O) groups is 1. The number of amides is 1. The minimum atomic E-state index is -4.51. The molecule has 1 amide bonds. The normalized spacial score (nSPS) is 23.3. The maximum Gasteiger partial charge on any atom is 0.431 e. The number of benzene rings is 1. The zero-order valence-corrected chi connectivity index (χ0v) is 19.7. The average molecular weight is 484 g/mol. The van der Waals surface area contributed by atoms with Crippen molar-refractivity contribution < 1.29 is 31.8 Å². The second-order valence-electron chi connectivity index (χ2n) is 9.10. The molecule has 34 heavy (non-hydrogen) atoms. The summed E-state index contributed by atoms with van der Waals surface area (Å²) in [6, 6.07) is 7.21. The summed E-state index contributed by atoms with van der Waals surface area (Å²) in [4.78, 5) is 16.4. The van der Waals surface area contributed by atoms with Crippen LogP contribution in [0.5, 0.6) is 11.5 Å². The van der Waals surface area contributed by atoms with E-state index >= 15 is 4.39 Å². The number of carbonyl (C=O) groups excluding carboxylic acids is 1. The van der Waals surface area contributed by atoms with Gasteiger partial charge in [0, 0.05) is 30.9 Å². The lowest BCUT2D eigenvalue weighted by Gasteiger charge is -2.52. The Kier molecular flexibility index (Phi) is 6.30. The van der Waals surface area contributed by atoms with Crippen LogP contribution in [0, 0.1) is 0 Å². The van der Waals surface area contributed by atoms with Gasteiger partial charge in [-0.3, -0.25) is 9.69 Å². The third kappa shape index (κ3) is 4.01. The Morgan fingerprint density at radius 1 is 1.12 bits per heavy atom. The van der Waals surface area contributed by atoms with Crippen molar-refractivity contribution in [1.29, 1.82) is 0 Å². The maximum absolute atomic E-state index is 15.9. The summed E-state index contributed by atoms with van der Waals surface area (Å²) in [5.41, 5.74) is -1.34. The van der Waals surface area contributed by atoms with E-state index in [-0.39, 0.29) is 44.6 Å². The number of piperidine rings is 1. The fraction of sp³-hybridized carbons (Fsp3) is 0.542. The lowest BCUT2D eigenvalue weighted by Crippen LogP contribution is -2.63. The van der Waals surface area contributed by atoms with Gasteiger partial charge >= 0.3 is 6.18 Å². The molecule has 2 atom stereocenters. The molecular weight excluding hydrogens is 454 g/mol. The van der Waals surface area contributed by atoms with Gasteiger partial charge in [-0.25, -0.2) is 4.39 Å². The molecule has 0 unspecified atom stereocenters. The number of rotatable bonds is 4. The number of hydrogen-bond acceptors (Lipinski definition) is 4. The Balaban J connectivity index is 1.59. The molecule has 0 aliphatic carbocycles. The van der Waals surface area contributed by atoms with Crippen LogP contribution in [0.4, 0.5) is 17.6 Å². The van der Waals surface area contributed by atoms with Crippen molar-refractivity contribution in [1.82, 2.24) is 14.4 Å². The van der Waals surface area contributed by atoms with E-state index in [2.05, 4.69) is 0 Å². The second-order valence-corrected chi connectivity index (χ2v) is 9.10. The highest BCUT2D eigenvalue weighted by Gasteiger charge is 2.53. The summed E-state index contributed by atoms with van der Waals surface area (Å²) < 4.78 is 68.5. The number of methoxy groups -OCH3 is 1. The number of nitrogens with zero attached hydrogens (tertiary/aromatic N) is 3. The predicted octanol–water partition coefficient (Wildman–Crippen LogP) is 4.33. The number of ether oxygens (including phenoxy) is 2. The van der Waals surface area contributed by atoms with Crippen molar-refractivity contribution in [3.8, 4) is 11.5 Å². The molecule has 0 saturated carbocycles. The standard InChI is InChI=1S/C24H29F4N3O3/c1-15(2)34-17-6-5-16(13-18(17)33-4)22(32)30-10-9-23(19(25)14-30)20-7-8-21(24(26,27)28)31(20)12-11-29(23)3/h5-8,13,15,19H,9-12,14H2,1-4H3/t19-,23-/m0/s1. The first-order chi connectivity index (χ1) is 16.0. The number of aromatic nitrogens is 1. The molecule has 1 aromatic heterocycles. The van der Waals surface area contributed by atoms with Crippen molar-refractivity contribution >= 4 is 5.91 Å². The molecule has 2 aliphatic rings. The number of hydrogen-bond donors (Lipinski definition) is 0. The van der Waals surface area contributed by atoms with Crippen LogP contribution in [0.15, 0.2) is 30.3 Å². The van der Waals surface area contributed by atoms with Crippen LogP contribution in [0.25, 0.3) is 0 Å². The lowest BCUT2D eigenvalue weighted by atomic mass is 9.79. The van der Waals surface area contributed by atoms with Crippen molar-refractivity contribution in [2.45, 2.75) is 50.8 Å². The van der Waals surface area contributed by atoms with E-state index < -0.39 is 23.6 Å². The highest BCUT2D eigenvalue weighted by Crippen LogP contribution is 2.45. The molecule has 0 bridgehead atoms. The van der Waals surface area contributed by atoms with Gasteiger partial charge in [0.2, 0.25) is 0 Å². The minimum Gasteiger partial charge on any atom is -0.493 e. The minimum absolute atomic E-state index is 0.0784. The Hall–Kier alpha value is -2.75. The van der Waals surface area contributed by atoms with Crippen LogP contribution in [0.1, 0.15) is 42.0 Å². The van der Waals surface area contributed by atoms with E-state index in [1.165, 1.54) is 22.6 Å². The summed E-state index contributed by atoms with van der Waals surface area (Å²) >= 11 is 0. The summed E-state index contributed by atoms with van der Waals surface area (Å²) in [5.74, 6) is 0.533. The van der Waals surface area contributed by atoms with Crippen LogP contribution < -0.4 is 9.47 Å². The van der Waals surface area contributed by atoms with Crippen LogP contribution in [0.2, 0.25) is 0 Å². The van der Waals surface area contributed by atoms with Gasteiger partial charge in [0.05, 0.1) is 25.3 Å². The van der Waals surface area contributed by atoms with E-state index in [9.17, 15) is 18.0 Å². The highest BCUT2D eigenvalue weighted by molar-refractivity contribution is 5.95. The number of fused-ring (bicyclic) bond motifs is 2. The Morgan fingerprint density at radius 3 is 2.47 bits per heavy atom. The summed E-state index contributed by atoms with van der Waals surface area (Å²) in [7, 11) is 3.20. The monoisotopic (exact) mass is 483 g/mol. The number of likely N-dealkylation sites (tertiary alicyclic amines) is 1. The first-order valence-electron chi connectivity index (χ1n) is 11.3. The van der Waals surface area contributed by atoms with E-state index in [0.29, 0.717) is 22.8 Å². The topological polar surface area (TPSA) is 46.9 Å². The highest BCUT2D eigenvalue weighted by atomic mass is 19.4. The van der Waals surface area contributed by atoms with Crippen molar-refractivity contribution in [2.24, 2.45) is 0 Å². The molecule has 3 heterocycles. The van der Waals surface area contributed by atoms with Crippen LogP contribution >= 0.6 is 0 Å². The SMILES string of the molecule is COc1cc(C(=O)N2CC[C@@]3(c4ccc(C(F)(F)F)n4CCN3C)[C@@H](F)C2)ccc1OC(C)C. The molecule has 2 aromatic rings. The van der Waals surface area contributed by atoms with Gasteiger partial charge in [-0.15, -0.1) is 0 Å². The van der Waals surface area contributed by atoms with Crippen LogP contribution in [0.3, 0.4) is 0 Å². The number of alkyl halides is 4. The molecular formula is C24H29F4N3O3. The van der Waals surface area contributed by atoms with E-state index in [1.54, 1.807) is 30.1 Å². The molecule has 1 fully saturated rings. The zero-order chi connectivity index (χ0) is 24.8. The van der Waals surface area contributed by atoms with Crippen LogP contribution in [-0.2, 0) is 18.3 Å². The Morgan fingerprint density at radius 2 is 1.85 bits per heavy atom. The molecule has 4 rings (SSSR count). The first kappa shape index (κ1) is 24.4. The Bertz CT molecular complexity index is 1070. The fourth-order valence-electron chi connectivity index (χ4n) is 5.11. The molecule has 6 nitrogen and oxygen atoms in total. The molecule has 10 heteroatoms. The van der Waals surface area contributed by atoms with Gasteiger partial charge in [-0.1, -0.05) is 0 Å². The first-order valence-corrected chi connectivity index (χ1v) is 11.3. The number of halogens is 4. The number of likely N-dealkylation sites (N-methyl/N-ethyl adjacent to an activating group) is 1.